The predicted octanol–water partition coefficient (Wildman–Crippen LogP) is 5.78. The molecular formula is C18H19Cl2FO2. The molecule has 0 N–H and O–H groups in total. The molecule has 1 fully saturated rings. The van der Waals surface area contributed by atoms with Crippen LogP contribution in [0.3, 0.4) is 0 Å². The number of hydrogen-bond acceptors (Lipinski definition) is 2. The molecule has 0 aliphatic carbocycles. The number of ether oxygens (including phenoxy) is 1. The number of rotatable bonds is 0. The third-order valence-corrected chi connectivity index (χ3v) is 3.54. The molecule has 0 amide bonds. The monoisotopic (exact) mass is 356 g/mol. The number of carbonyl (C=O) groups excluding carboxylic acids is 1. The molecule has 2 aromatic rings. The van der Waals surface area contributed by atoms with Crippen molar-refractivity contribution in [2.24, 2.45) is 5.92 Å². The summed E-state index contributed by atoms with van der Waals surface area (Å²) in [7, 11) is 0. The highest BCUT2D eigenvalue weighted by Gasteiger charge is 2.17. The van der Waals surface area contributed by atoms with Crippen molar-refractivity contribution in [3.8, 4) is 0 Å². The molecule has 124 valence electrons. The maximum atomic E-state index is 12.2. The van der Waals surface area contributed by atoms with Gasteiger partial charge in [-0.3, -0.25) is 4.79 Å². The fourth-order valence-electron chi connectivity index (χ4n) is 1.68. The quantitative estimate of drug-likeness (QED) is 0.559. The van der Waals surface area contributed by atoms with Crippen LogP contribution >= 0.6 is 23.2 Å². The summed E-state index contributed by atoms with van der Waals surface area (Å²) in [5.41, 5.74) is 0. The van der Waals surface area contributed by atoms with Crippen LogP contribution in [0.4, 0.5) is 4.39 Å². The van der Waals surface area contributed by atoms with E-state index in [2.05, 4.69) is 0 Å². The minimum atomic E-state index is -0.367. The SMILES string of the molecule is CC1CCCOC1=O.Clc1ccccc1.Fc1ccccc1Cl. The van der Waals surface area contributed by atoms with Crippen molar-refractivity contribution in [1.29, 1.82) is 0 Å². The Morgan fingerprint density at radius 3 is 2.00 bits per heavy atom. The highest BCUT2D eigenvalue weighted by molar-refractivity contribution is 6.30. The Morgan fingerprint density at radius 2 is 1.65 bits per heavy atom. The maximum absolute atomic E-state index is 12.2. The van der Waals surface area contributed by atoms with Crippen LogP contribution in [0.1, 0.15) is 19.8 Å². The lowest BCUT2D eigenvalue weighted by Crippen LogP contribution is -2.20. The van der Waals surface area contributed by atoms with Gasteiger partial charge >= 0.3 is 5.97 Å². The highest BCUT2D eigenvalue weighted by atomic mass is 35.5. The summed E-state index contributed by atoms with van der Waals surface area (Å²) in [5, 5.41) is 0.968. The third-order valence-electron chi connectivity index (χ3n) is 2.99. The predicted molar refractivity (Wildman–Crippen MR) is 92.2 cm³/mol. The number of cyclic esters (lactones) is 1. The Hall–Kier alpha value is -1.58. The zero-order valence-corrected chi connectivity index (χ0v) is 14.4. The maximum Gasteiger partial charge on any atom is 0.308 e. The zero-order valence-electron chi connectivity index (χ0n) is 12.8. The van der Waals surface area contributed by atoms with E-state index in [0.29, 0.717) is 6.61 Å². The summed E-state index contributed by atoms with van der Waals surface area (Å²) in [6, 6.07) is 15.6. The van der Waals surface area contributed by atoms with Crippen molar-refractivity contribution in [2.45, 2.75) is 19.8 Å². The number of esters is 1. The van der Waals surface area contributed by atoms with Gasteiger partial charge in [-0.15, -0.1) is 0 Å². The molecule has 0 saturated carbocycles. The van der Waals surface area contributed by atoms with Crippen molar-refractivity contribution in [1.82, 2.24) is 0 Å². The van der Waals surface area contributed by atoms with E-state index in [1.54, 1.807) is 12.1 Å². The molecule has 1 unspecified atom stereocenters. The van der Waals surface area contributed by atoms with Gasteiger partial charge in [0.05, 0.1) is 17.5 Å². The van der Waals surface area contributed by atoms with Crippen LogP contribution < -0.4 is 0 Å². The van der Waals surface area contributed by atoms with Crippen LogP contribution in [0.2, 0.25) is 10.0 Å². The summed E-state index contributed by atoms with van der Waals surface area (Å²) in [4.78, 5) is 10.6. The van der Waals surface area contributed by atoms with Crippen LogP contribution in [-0.4, -0.2) is 12.6 Å². The van der Waals surface area contributed by atoms with E-state index in [0.717, 1.165) is 17.9 Å². The number of carbonyl (C=O) groups is 1. The lowest BCUT2D eigenvalue weighted by atomic mass is 10.0. The third kappa shape index (κ3) is 8.58. The lowest BCUT2D eigenvalue weighted by Gasteiger charge is -2.15. The minimum Gasteiger partial charge on any atom is -0.465 e. The van der Waals surface area contributed by atoms with E-state index >= 15 is 0 Å². The fraction of sp³-hybridized carbons (Fsp3) is 0.278. The molecule has 0 spiro atoms. The van der Waals surface area contributed by atoms with Crippen LogP contribution in [-0.2, 0) is 9.53 Å². The van der Waals surface area contributed by atoms with Crippen LogP contribution in [0.5, 0.6) is 0 Å². The van der Waals surface area contributed by atoms with E-state index in [9.17, 15) is 9.18 Å². The van der Waals surface area contributed by atoms with Gasteiger partial charge in [-0.05, 0) is 37.1 Å². The molecule has 23 heavy (non-hydrogen) atoms. The standard InChI is InChI=1S/C6H4ClF.C6H5Cl.C6H10O2/c7-5-3-1-2-4-6(5)8;7-6-4-2-1-3-5-6;1-5-3-2-4-8-6(5)7/h1-4H;1-5H;5H,2-4H2,1H3. The Balaban J connectivity index is 0.000000173. The molecule has 3 rings (SSSR count). The molecule has 0 bridgehead atoms. The van der Waals surface area contributed by atoms with Gasteiger partial charge < -0.3 is 4.74 Å². The molecule has 1 aliphatic rings. The molecule has 5 heteroatoms. The Labute approximate surface area is 146 Å². The van der Waals surface area contributed by atoms with Crippen molar-refractivity contribution < 1.29 is 13.9 Å². The van der Waals surface area contributed by atoms with E-state index in [4.69, 9.17) is 27.9 Å². The molecule has 1 saturated heterocycles. The Kier molecular flexibility index (Phi) is 9.34. The minimum absolute atomic E-state index is 0.0312. The molecule has 0 aromatic heterocycles. The van der Waals surface area contributed by atoms with Gasteiger partial charge in [0.2, 0.25) is 0 Å². The summed E-state index contributed by atoms with van der Waals surface area (Å²) in [6.07, 6.45) is 2.03. The molecule has 2 nitrogen and oxygen atoms in total. The summed E-state index contributed by atoms with van der Waals surface area (Å²) in [5.74, 6) is -0.255. The second-order valence-corrected chi connectivity index (χ2v) is 5.76. The number of benzene rings is 2. The first kappa shape index (κ1) is 19.5. The second-order valence-electron chi connectivity index (χ2n) is 4.92. The molecule has 2 aromatic carbocycles. The topological polar surface area (TPSA) is 26.3 Å². The molecular weight excluding hydrogens is 338 g/mol. The molecule has 1 atom stereocenters. The van der Waals surface area contributed by atoms with E-state index in [1.165, 1.54) is 12.1 Å². The fourth-order valence-corrected chi connectivity index (χ4v) is 1.96. The average molecular weight is 357 g/mol. The van der Waals surface area contributed by atoms with Gasteiger partial charge in [-0.25, -0.2) is 4.39 Å². The zero-order chi connectivity index (χ0) is 17.1. The van der Waals surface area contributed by atoms with Crippen molar-refractivity contribution in [3.05, 3.63) is 70.5 Å². The van der Waals surface area contributed by atoms with Crippen molar-refractivity contribution in [2.75, 3.05) is 6.61 Å². The van der Waals surface area contributed by atoms with Crippen LogP contribution in [0.15, 0.2) is 54.6 Å². The van der Waals surface area contributed by atoms with Gasteiger partial charge in [0.25, 0.3) is 0 Å². The lowest BCUT2D eigenvalue weighted by molar-refractivity contribution is -0.151. The summed E-state index contributed by atoms with van der Waals surface area (Å²) < 4.78 is 16.9. The van der Waals surface area contributed by atoms with E-state index in [1.807, 2.05) is 37.3 Å². The first-order valence-corrected chi connectivity index (χ1v) is 8.03. The van der Waals surface area contributed by atoms with Crippen LogP contribution in [0.25, 0.3) is 0 Å². The average Bonchev–Trinajstić information content (AvgIpc) is 2.55. The van der Waals surface area contributed by atoms with E-state index in [-0.39, 0.29) is 22.7 Å². The summed E-state index contributed by atoms with van der Waals surface area (Å²) in [6.45, 7) is 2.53. The molecule has 1 heterocycles. The second kappa shape index (κ2) is 11.0. The van der Waals surface area contributed by atoms with Gasteiger partial charge in [0.15, 0.2) is 0 Å². The van der Waals surface area contributed by atoms with Gasteiger partial charge in [0, 0.05) is 5.02 Å². The largest absolute Gasteiger partial charge is 0.465 e. The summed E-state index contributed by atoms with van der Waals surface area (Å²) >= 11 is 10.9. The number of halogens is 3. The van der Waals surface area contributed by atoms with E-state index < -0.39 is 0 Å². The van der Waals surface area contributed by atoms with Gasteiger partial charge in [-0.1, -0.05) is 60.5 Å². The normalized spacial score (nSPS) is 16.2. The first-order valence-electron chi connectivity index (χ1n) is 7.28. The Bertz CT molecular complexity index is 570. The van der Waals surface area contributed by atoms with Crippen molar-refractivity contribution in [3.63, 3.8) is 0 Å². The molecule has 1 aliphatic heterocycles. The van der Waals surface area contributed by atoms with Crippen molar-refractivity contribution >= 4 is 29.2 Å². The Morgan fingerprint density at radius 1 is 1.04 bits per heavy atom. The first-order chi connectivity index (χ1) is 11.0. The van der Waals surface area contributed by atoms with Gasteiger partial charge in [0.1, 0.15) is 5.82 Å². The smallest absolute Gasteiger partial charge is 0.308 e. The molecule has 0 radical (unpaired) electrons. The highest BCUT2D eigenvalue weighted by Crippen LogP contribution is 2.13. The number of hydrogen-bond donors (Lipinski definition) is 0. The van der Waals surface area contributed by atoms with Gasteiger partial charge in [-0.2, -0.15) is 0 Å². The van der Waals surface area contributed by atoms with Crippen LogP contribution in [0, 0.1) is 11.7 Å².